The van der Waals surface area contributed by atoms with Crippen molar-refractivity contribution in [2.24, 2.45) is 5.92 Å². The number of benzene rings is 2. The molecule has 140 valence electrons. The summed E-state index contributed by atoms with van der Waals surface area (Å²) in [6, 6.07) is 16.1. The molecule has 2 atom stereocenters. The predicted octanol–water partition coefficient (Wildman–Crippen LogP) is 4.38. The Morgan fingerprint density at radius 2 is 1.96 bits per heavy atom. The van der Waals surface area contributed by atoms with Gasteiger partial charge < -0.3 is 9.80 Å². The van der Waals surface area contributed by atoms with E-state index in [0.29, 0.717) is 6.54 Å². The molecule has 4 nitrogen and oxygen atoms in total. The van der Waals surface area contributed by atoms with Crippen LogP contribution in [0.3, 0.4) is 0 Å². The van der Waals surface area contributed by atoms with Crippen LogP contribution in [0.2, 0.25) is 0 Å². The molecule has 2 aromatic rings. The van der Waals surface area contributed by atoms with Gasteiger partial charge in [0.15, 0.2) is 0 Å². The molecule has 27 heavy (non-hydrogen) atoms. The molecule has 0 radical (unpaired) electrons. The zero-order valence-corrected chi connectivity index (χ0v) is 17.5. The number of carbonyl (C=O) groups is 2. The minimum absolute atomic E-state index is 0.0187. The van der Waals surface area contributed by atoms with E-state index in [-0.39, 0.29) is 29.5 Å². The molecule has 0 N–H and O–H groups in total. The van der Waals surface area contributed by atoms with Crippen LogP contribution in [-0.2, 0) is 9.59 Å². The molecule has 0 saturated carbocycles. The molecule has 0 aromatic heterocycles. The van der Waals surface area contributed by atoms with Crippen molar-refractivity contribution in [2.45, 2.75) is 18.7 Å². The lowest BCUT2D eigenvalue weighted by molar-refractivity contribution is -0.136. The first-order chi connectivity index (χ1) is 13.0. The average Bonchev–Trinajstić information content (AvgIpc) is 3.29. The van der Waals surface area contributed by atoms with Crippen molar-refractivity contribution in [2.75, 3.05) is 23.7 Å². The summed E-state index contributed by atoms with van der Waals surface area (Å²) >= 11 is 5.25. The number of nitrogens with zero attached hydrogens (tertiary/aromatic N) is 2. The first-order valence-corrected chi connectivity index (χ1v) is 10.9. The summed E-state index contributed by atoms with van der Waals surface area (Å²) in [7, 11) is 0. The molecular weight excluding hydrogens is 424 g/mol. The smallest absolute Gasteiger partial charge is 0.229 e. The van der Waals surface area contributed by atoms with Crippen molar-refractivity contribution in [1.82, 2.24) is 4.90 Å². The zero-order valence-electron chi connectivity index (χ0n) is 15.1. The van der Waals surface area contributed by atoms with E-state index in [2.05, 4.69) is 47.1 Å². The monoisotopic (exact) mass is 444 g/mol. The molecule has 2 fully saturated rings. The van der Waals surface area contributed by atoms with E-state index in [4.69, 9.17) is 0 Å². The molecule has 4 rings (SSSR count). The first kappa shape index (κ1) is 18.6. The van der Waals surface area contributed by atoms with Crippen molar-refractivity contribution >= 4 is 45.2 Å². The number of rotatable bonds is 3. The fourth-order valence-corrected chi connectivity index (χ4v) is 5.36. The summed E-state index contributed by atoms with van der Waals surface area (Å²) in [6.07, 6.45) is 0.285. The molecule has 6 heteroatoms. The van der Waals surface area contributed by atoms with Crippen LogP contribution in [0.15, 0.2) is 53.0 Å². The molecule has 0 spiro atoms. The van der Waals surface area contributed by atoms with Crippen LogP contribution >= 0.6 is 27.7 Å². The Balaban J connectivity index is 1.51. The summed E-state index contributed by atoms with van der Waals surface area (Å²) in [6.45, 7) is 3.26. The van der Waals surface area contributed by atoms with Crippen molar-refractivity contribution < 1.29 is 9.59 Å². The molecule has 2 unspecified atom stereocenters. The number of hydrogen-bond acceptors (Lipinski definition) is 3. The summed E-state index contributed by atoms with van der Waals surface area (Å²) in [4.78, 5) is 29.4. The largest absolute Gasteiger partial charge is 0.325 e. The normalized spacial score (nSPS) is 22.5. The fraction of sp³-hybridized carbons (Fsp3) is 0.333. The van der Waals surface area contributed by atoms with Crippen LogP contribution in [0.5, 0.6) is 0 Å². The Hall–Kier alpha value is -1.79. The number of aryl methyl sites for hydroxylation is 1. The van der Waals surface area contributed by atoms with Gasteiger partial charge in [-0.15, -0.1) is 11.8 Å². The van der Waals surface area contributed by atoms with Gasteiger partial charge in [-0.3, -0.25) is 9.59 Å². The van der Waals surface area contributed by atoms with Crippen LogP contribution < -0.4 is 4.90 Å². The Bertz CT molecular complexity index is 871. The maximum absolute atomic E-state index is 13.2. The second kappa shape index (κ2) is 7.68. The van der Waals surface area contributed by atoms with Crippen molar-refractivity contribution in [3.8, 4) is 0 Å². The number of hydrogen-bond donors (Lipinski definition) is 0. The third-order valence-corrected chi connectivity index (χ3v) is 6.88. The zero-order chi connectivity index (χ0) is 19.0. The standard InChI is InChI=1S/C21H21BrN2O2S/c1-14-5-7-15(8-6-14)21-23(9-10-27-21)20(26)16-11-19(25)24(13-16)18-4-2-3-17(22)12-18/h2-8,12,16,21H,9-11,13H2,1H3. The van der Waals surface area contributed by atoms with E-state index >= 15 is 0 Å². The van der Waals surface area contributed by atoms with E-state index in [9.17, 15) is 9.59 Å². The van der Waals surface area contributed by atoms with E-state index in [0.717, 1.165) is 28.0 Å². The Morgan fingerprint density at radius 3 is 2.70 bits per heavy atom. The minimum atomic E-state index is -0.275. The highest BCUT2D eigenvalue weighted by Gasteiger charge is 2.40. The van der Waals surface area contributed by atoms with Crippen molar-refractivity contribution in [3.63, 3.8) is 0 Å². The highest BCUT2D eigenvalue weighted by molar-refractivity contribution is 9.10. The minimum Gasteiger partial charge on any atom is -0.325 e. The topological polar surface area (TPSA) is 40.6 Å². The van der Waals surface area contributed by atoms with Gasteiger partial charge in [0.05, 0.1) is 5.92 Å². The van der Waals surface area contributed by atoms with Gasteiger partial charge >= 0.3 is 0 Å². The van der Waals surface area contributed by atoms with E-state index in [1.54, 1.807) is 16.7 Å². The maximum atomic E-state index is 13.2. The van der Waals surface area contributed by atoms with Gasteiger partial charge in [-0.1, -0.05) is 51.8 Å². The second-order valence-corrected chi connectivity index (χ2v) is 9.15. The summed E-state index contributed by atoms with van der Waals surface area (Å²) in [5.74, 6) is 0.769. The van der Waals surface area contributed by atoms with Crippen LogP contribution in [0.4, 0.5) is 5.69 Å². The summed E-state index contributed by atoms with van der Waals surface area (Å²) in [5, 5.41) is 0.0492. The van der Waals surface area contributed by atoms with Crippen LogP contribution in [0.25, 0.3) is 0 Å². The molecular formula is C21H21BrN2O2S. The van der Waals surface area contributed by atoms with Crippen molar-refractivity contribution in [1.29, 1.82) is 0 Å². The Labute approximate surface area is 172 Å². The Kier molecular flexibility index (Phi) is 5.28. The fourth-order valence-electron chi connectivity index (χ4n) is 3.70. The molecule has 2 amide bonds. The molecule has 0 bridgehead atoms. The van der Waals surface area contributed by atoms with Crippen LogP contribution in [-0.4, -0.2) is 35.6 Å². The third-order valence-electron chi connectivity index (χ3n) is 5.13. The Morgan fingerprint density at radius 1 is 1.19 bits per heavy atom. The second-order valence-electron chi connectivity index (χ2n) is 7.05. The molecule has 2 aliphatic rings. The number of halogens is 1. The average molecular weight is 445 g/mol. The summed E-state index contributed by atoms with van der Waals surface area (Å²) < 4.78 is 0.929. The van der Waals surface area contributed by atoms with Gasteiger partial charge in [-0.2, -0.15) is 0 Å². The lowest BCUT2D eigenvalue weighted by Gasteiger charge is -2.27. The highest BCUT2D eigenvalue weighted by atomic mass is 79.9. The molecule has 0 aliphatic carbocycles. The summed E-state index contributed by atoms with van der Waals surface area (Å²) in [5.41, 5.74) is 3.21. The van der Waals surface area contributed by atoms with Gasteiger partial charge in [0.2, 0.25) is 11.8 Å². The van der Waals surface area contributed by atoms with Crippen molar-refractivity contribution in [3.05, 3.63) is 64.1 Å². The lowest BCUT2D eigenvalue weighted by atomic mass is 10.1. The third kappa shape index (κ3) is 3.78. The SMILES string of the molecule is Cc1ccc(C2SCCN2C(=O)C2CC(=O)N(c3cccc(Br)c3)C2)cc1. The molecule has 2 aliphatic heterocycles. The van der Waals surface area contributed by atoms with Gasteiger partial charge in [0.1, 0.15) is 5.37 Å². The highest BCUT2D eigenvalue weighted by Crippen LogP contribution is 2.40. The molecule has 2 aromatic carbocycles. The van der Waals surface area contributed by atoms with Gasteiger partial charge in [-0.25, -0.2) is 0 Å². The number of thioether (sulfide) groups is 1. The predicted molar refractivity (Wildman–Crippen MR) is 113 cm³/mol. The molecule has 2 heterocycles. The van der Waals surface area contributed by atoms with Crippen LogP contribution in [0, 0.1) is 12.8 Å². The van der Waals surface area contributed by atoms with E-state index in [1.165, 1.54) is 5.56 Å². The van der Waals surface area contributed by atoms with Crippen LogP contribution in [0.1, 0.15) is 22.9 Å². The number of amides is 2. The van der Waals surface area contributed by atoms with Gasteiger partial charge in [0.25, 0.3) is 0 Å². The van der Waals surface area contributed by atoms with E-state index < -0.39 is 0 Å². The number of carbonyl (C=O) groups excluding carboxylic acids is 2. The van der Waals surface area contributed by atoms with Gasteiger partial charge in [0, 0.05) is 35.4 Å². The van der Waals surface area contributed by atoms with Gasteiger partial charge in [-0.05, 0) is 30.7 Å². The van der Waals surface area contributed by atoms with E-state index in [1.807, 2.05) is 29.2 Å². The maximum Gasteiger partial charge on any atom is 0.229 e. The quantitative estimate of drug-likeness (QED) is 0.704. The first-order valence-electron chi connectivity index (χ1n) is 9.07. The lowest BCUT2D eigenvalue weighted by Crippen LogP contribution is -2.37. The number of anilines is 1. The molecule has 2 saturated heterocycles.